The predicted octanol–water partition coefficient (Wildman–Crippen LogP) is -0.502. The van der Waals surface area contributed by atoms with Crippen LogP contribution >= 0.6 is 0 Å². The molecule has 0 aromatic carbocycles. The number of ketones is 2. The van der Waals surface area contributed by atoms with Gasteiger partial charge in [0.2, 0.25) is 0 Å². The van der Waals surface area contributed by atoms with E-state index in [1.807, 2.05) is 0 Å². The average molecular weight is 198 g/mol. The van der Waals surface area contributed by atoms with Crippen LogP contribution in [0.25, 0.3) is 0 Å². The molecule has 0 aliphatic heterocycles. The van der Waals surface area contributed by atoms with E-state index in [2.05, 4.69) is 22.9 Å². The van der Waals surface area contributed by atoms with Gasteiger partial charge < -0.3 is 0 Å². The van der Waals surface area contributed by atoms with E-state index in [-0.39, 0.29) is 0 Å². The summed E-state index contributed by atoms with van der Waals surface area (Å²) in [6.07, 6.45) is 1.34. The summed E-state index contributed by atoms with van der Waals surface area (Å²) in [5, 5.41) is 0. The van der Waals surface area contributed by atoms with Crippen LogP contribution in [0.3, 0.4) is 0 Å². The topological polar surface area (TPSA) is 86.7 Å². The van der Waals surface area contributed by atoms with Crippen LogP contribution in [0, 0.1) is 0 Å². The van der Waals surface area contributed by atoms with Crippen molar-refractivity contribution in [1.29, 1.82) is 0 Å². The van der Waals surface area contributed by atoms with E-state index >= 15 is 0 Å². The van der Waals surface area contributed by atoms with Crippen LogP contribution in [0.5, 0.6) is 0 Å². The molecule has 14 heavy (non-hydrogen) atoms. The second-order valence-electron chi connectivity index (χ2n) is 1.88. The van der Waals surface area contributed by atoms with Gasteiger partial charge in [-0.2, -0.15) is 0 Å². The van der Waals surface area contributed by atoms with Crippen molar-refractivity contribution in [3.8, 4) is 0 Å². The third kappa shape index (κ3) is 3.44. The lowest BCUT2D eigenvalue weighted by Gasteiger charge is -1.97. The standard InChI is InChI=1S/C8H6O6/c1-3-5(9)7(11)13-14-8(12)6(10)4-2/h3-4H,1-2H2. The molecule has 0 heterocycles. The van der Waals surface area contributed by atoms with Crippen LogP contribution in [0.1, 0.15) is 0 Å². The van der Waals surface area contributed by atoms with Crippen molar-refractivity contribution < 1.29 is 29.0 Å². The van der Waals surface area contributed by atoms with Crippen LogP contribution in [-0.4, -0.2) is 23.5 Å². The van der Waals surface area contributed by atoms with Crippen molar-refractivity contribution in [1.82, 2.24) is 0 Å². The van der Waals surface area contributed by atoms with Crippen molar-refractivity contribution >= 4 is 23.5 Å². The maximum absolute atomic E-state index is 10.5. The highest BCUT2D eigenvalue weighted by molar-refractivity contribution is 6.39. The molecule has 0 N–H and O–H groups in total. The minimum absolute atomic E-state index is 0.672. The molecular formula is C8H6O6. The summed E-state index contributed by atoms with van der Waals surface area (Å²) in [6.45, 7) is 5.97. The first-order valence-corrected chi connectivity index (χ1v) is 3.29. The first kappa shape index (κ1) is 11.8. The Morgan fingerprint density at radius 2 is 1.07 bits per heavy atom. The van der Waals surface area contributed by atoms with Crippen molar-refractivity contribution in [2.75, 3.05) is 0 Å². The molecule has 74 valence electrons. The number of rotatable bonds is 4. The fourth-order valence-corrected chi connectivity index (χ4v) is 0.324. The number of hydrogen-bond acceptors (Lipinski definition) is 6. The molecule has 0 amide bonds. The fraction of sp³-hybridized carbons (Fsp3) is 0. The van der Waals surface area contributed by atoms with Gasteiger partial charge in [-0.25, -0.2) is 19.4 Å². The lowest BCUT2D eigenvalue weighted by Crippen LogP contribution is -2.21. The summed E-state index contributed by atoms with van der Waals surface area (Å²) in [5.41, 5.74) is 0. The summed E-state index contributed by atoms with van der Waals surface area (Å²) in [7, 11) is 0. The van der Waals surface area contributed by atoms with E-state index in [1.165, 1.54) is 0 Å². The molecule has 0 aliphatic carbocycles. The summed E-state index contributed by atoms with van der Waals surface area (Å²) in [5.74, 6) is -5.07. The van der Waals surface area contributed by atoms with Gasteiger partial charge in [0, 0.05) is 0 Å². The Morgan fingerprint density at radius 3 is 1.29 bits per heavy atom. The van der Waals surface area contributed by atoms with Crippen LogP contribution in [-0.2, 0) is 29.0 Å². The molecule has 0 spiro atoms. The van der Waals surface area contributed by atoms with E-state index in [0.29, 0.717) is 12.2 Å². The van der Waals surface area contributed by atoms with E-state index in [4.69, 9.17) is 0 Å². The van der Waals surface area contributed by atoms with Crippen LogP contribution in [0.2, 0.25) is 0 Å². The Bertz CT molecular complexity index is 282. The third-order valence-electron chi connectivity index (χ3n) is 0.966. The van der Waals surface area contributed by atoms with Crippen molar-refractivity contribution in [3.63, 3.8) is 0 Å². The second-order valence-corrected chi connectivity index (χ2v) is 1.88. The monoisotopic (exact) mass is 198 g/mol. The molecule has 0 radical (unpaired) electrons. The van der Waals surface area contributed by atoms with Gasteiger partial charge in [0.1, 0.15) is 0 Å². The Balaban J connectivity index is 4.07. The Kier molecular flexibility index (Phi) is 4.55. The molecule has 0 atom stereocenters. The Labute approximate surface area is 78.7 Å². The normalized spacial score (nSPS) is 8.29. The average Bonchev–Trinajstić information content (AvgIpc) is 2.22. The van der Waals surface area contributed by atoms with Gasteiger partial charge in [0.25, 0.3) is 11.6 Å². The summed E-state index contributed by atoms with van der Waals surface area (Å²) in [4.78, 5) is 49.4. The molecule has 0 aliphatic rings. The van der Waals surface area contributed by atoms with Crippen molar-refractivity contribution in [2.45, 2.75) is 0 Å². The first-order chi connectivity index (χ1) is 6.52. The van der Waals surface area contributed by atoms with E-state index < -0.39 is 23.5 Å². The van der Waals surface area contributed by atoms with Gasteiger partial charge in [-0.05, 0) is 12.2 Å². The molecule has 0 aromatic rings. The Hall–Kier alpha value is -2.24. The lowest BCUT2D eigenvalue weighted by atomic mass is 10.4. The molecule has 0 unspecified atom stereocenters. The highest BCUT2D eigenvalue weighted by Gasteiger charge is 2.18. The molecule has 0 saturated carbocycles. The van der Waals surface area contributed by atoms with Crippen molar-refractivity contribution in [2.24, 2.45) is 0 Å². The van der Waals surface area contributed by atoms with E-state index in [0.717, 1.165) is 0 Å². The largest absolute Gasteiger partial charge is 0.425 e. The second kappa shape index (κ2) is 5.41. The van der Waals surface area contributed by atoms with Gasteiger partial charge in [-0.15, -0.1) is 0 Å². The van der Waals surface area contributed by atoms with Crippen LogP contribution < -0.4 is 0 Å². The molecule has 6 heteroatoms. The molecule has 0 aromatic heterocycles. The molecular weight excluding hydrogens is 192 g/mol. The lowest BCUT2D eigenvalue weighted by molar-refractivity contribution is -0.253. The van der Waals surface area contributed by atoms with Crippen LogP contribution in [0.15, 0.2) is 25.3 Å². The van der Waals surface area contributed by atoms with Gasteiger partial charge in [-0.1, -0.05) is 13.2 Å². The number of carbonyl (C=O) groups is 4. The zero-order valence-corrected chi connectivity index (χ0v) is 7.02. The van der Waals surface area contributed by atoms with E-state index in [1.54, 1.807) is 0 Å². The van der Waals surface area contributed by atoms with Crippen molar-refractivity contribution in [3.05, 3.63) is 25.3 Å². The summed E-state index contributed by atoms with van der Waals surface area (Å²) in [6, 6.07) is 0. The third-order valence-corrected chi connectivity index (χ3v) is 0.966. The van der Waals surface area contributed by atoms with Gasteiger partial charge in [-0.3, -0.25) is 9.59 Å². The predicted molar refractivity (Wildman–Crippen MR) is 42.6 cm³/mol. The summed E-state index contributed by atoms with van der Waals surface area (Å²) < 4.78 is 0. The maximum atomic E-state index is 10.5. The van der Waals surface area contributed by atoms with Gasteiger partial charge in [0.15, 0.2) is 0 Å². The molecule has 0 saturated heterocycles. The maximum Gasteiger partial charge on any atom is 0.425 e. The van der Waals surface area contributed by atoms with Crippen LogP contribution in [0.4, 0.5) is 0 Å². The molecule has 0 rings (SSSR count). The summed E-state index contributed by atoms with van der Waals surface area (Å²) >= 11 is 0. The highest BCUT2D eigenvalue weighted by Crippen LogP contribution is 1.88. The SMILES string of the molecule is C=CC(=O)C(=O)OOC(=O)C(=O)C=C. The fourth-order valence-electron chi connectivity index (χ4n) is 0.324. The highest BCUT2D eigenvalue weighted by atomic mass is 17.2. The molecule has 6 nitrogen and oxygen atoms in total. The smallest absolute Gasteiger partial charge is 0.282 e. The Morgan fingerprint density at radius 1 is 0.786 bits per heavy atom. The zero-order chi connectivity index (χ0) is 11.1. The molecule has 0 fully saturated rings. The number of hydrogen-bond donors (Lipinski definition) is 0. The molecule has 0 bridgehead atoms. The zero-order valence-electron chi connectivity index (χ0n) is 7.02. The first-order valence-electron chi connectivity index (χ1n) is 3.29. The minimum Gasteiger partial charge on any atom is -0.282 e. The van der Waals surface area contributed by atoms with E-state index in [9.17, 15) is 19.2 Å². The van der Waals surface area contributed by atoms with Gasteiger partial charge >= 0.3 is 11.9 Å². The minimum atomic E-state index is -1.44. The number of carbonyl (C=O) groups excluding carboxylic acids is 4. The quantitative estimate of drug-likeness (QED) is 0.262. The van der Waals surface area contributed by atoms with Gasteiger partial charge in [0.05, 0.1) is 0 Å².